The lowest BCUT2D eigenvalue weighted by molar-refractivity contribution is -0.138. The molecule has 0 aliphatic carbocycles. The average molecular weight is 498 g/mol. The highest BCUT2D eigenvalue weighted by molar-refractivity contribution is 6.00. The van der Waals surface area contributed by atoms with Crippen LogP contribution < -0.4 is 10.2 Å². The van der Waals surface area contributed by atoms with Gasteiger partial charge in [-0.05, 0) is 37.1 Å². The molecule has 2 aromatic heterocycles. The summed E-state index contributed by atoms with van der Waals surface area (Å²) in [4.78, 5) is 14.7. The number of hydrogen-bond acceptors (Lipinski definition) is 5. The van der Waals surface area contributed by atoms with Crippen molar-refractivity contribution in [2.45, 2.75) is 25.1 Å². The molecule has 0 saturated carbocycles. The van der Waals surface area contributed by atoms with Crippen molar-refractivity contribution >= 4 is 22.5 Å². The minimum atomic E-state index is -4.83. The van der Waals surface area contributed by atoms with Crippen LogP contribution in [0, 0.1) is 5.82 Å². The summed E-state index contributed by atoms with van der Waals surface area (Å²) in [7, 11) is 1.84. The van der Waals surface area contributed by atoms with E-state index >= 15 is 0 Å². The van der Waals surface area contributed by atoms with E-state index in [1.54, 1.807) is 10.9 Å². The molecular formula is C25H22F4N6O. The molecule has 1 saturated heterocycles. The molecule has 4 aromatic rings. The van der Waals surface area contributed by atoms with Crippen LogP contribution in [0.15, 0.2) is 54.7 Å². The zero-order valence-corrected chi connectivity index (χ0v) is 19.3. The smallest absolute Gasteiger partial charge is 0.354 e. The van der Waals surface area contributed by atoms with E-state index in [1.807, 2.05) is 37.4 Å². The number of piperidine rings is 1. The predicted octanol–water partition coefficient (Wildman–Crippen LogP) is 4.59. The molecule has 5 rings (SSSR count). The summed E-state index contributed by atoms with van der Waals surface area (Å²) in [6.07, 6.45) is -2.12. The molecule has 0 bridgehead atoms. The second-order valence-electron chi connectivity index (χ2n) is 8.68. The number of amides is 1. The summed E-state index contributed by atoms with van der Waals surface area (Å²) in [6.45, 7) is 1.06. The fourth-order valence-electron chi connectivity index (χ4n) is 4.57. The van der Waals surface area contributed by atoms with Gasteiger partial charge in [-0.25, -0.2) is 4.39 Å². The van der Waals surface area contributed by atoms with E-state index in [1.165, 1.54) is 0 Å². The van der Waals surface area contributed by atoms with Gasteiger partial charge in [0.2, 0.25) is 0 Å². The number of benzene rings is 2. The van der Waals surface area contributed by atoms with Crippen LogP contribution in [0.25, 0.3) is 22.2 Å². The van der Waals surface area contributed by atoms with E-state index in [-0.39, 0.29) is 6.04 Å². The first kappa shape index (κ1) is 23.7. The van der Waals surface area contributed by atoms with E-state index in [2.05, 4.69) is 25.5 Å². The van der Waals surface area contributed by atoms with Crippen LogP contribution in [-0.4, -0.2) is 45.0 Å². The number of hydrogen-bond donors (Lipinski definition) is 1. The summed E-state index contributed by atoms with van der Waals surface area (Å²) in [5, 5.41) is 17.7. The monoisotopic (exact) mass is 498 g/mol. The Bertz CT molecular complexity index is 1430. The van der Waals surface area contributed by atoms with Gasteiger partial charge in [0.25, 0.3) is 5.91 Å². The van der Waals surface area contributed by atoms with E-state index in [4.69, 9.17) is 0 Å². The fourth-order valence-corrected chi connectivity index (χ4v) is 4.57. The number of aromatic nitrogens is 4. The number of nitrogens with zero attached hydrogens (tertiary/aromatic N) is 5. The van der Waals surface area contributed by atoms with E-state index < -0.39 is 29.0 Å². The van der Waals surface area contributed by atoms with Crippen LogP contribution in [0.4, 0.5) is 23.4 Å². The molecule has 3 heterocycles. The van der Waals surface area contributed by atoms with Gasteiger partial charge in [-0.3, -0.25) is 9.48 Å². The molecule has 186 valence electrons. The molecule has 0 spiro atoms. The predicted molar refractivity (Wildman–Crippen MR) is 126 cm³/mol. The van der Waals surface area contributed by atoms with Crippen molar-refractivity contribution in [3.05, 3.63) is 71.7 Å². The quantitative estimate of drug-likeness (QED) is 0.417. The molecule has 7 nitrogen and oxygen atoms in total. The molecule has 0 atom stereocenters. The largest absolute Gasteiger partial charge is 0.417 e. The number of anilines is 1. The third-order valence-electron chi connectivity index (χ3n) is 6.39. The fraction of sp³-hybridized carbons (Fsp3) is 0.280. The third kappa shape index (κ3) is 4.48. The van der Waals surface area contributed by atoms with Crippen LogP contribution in [0.3, 0.4) is 0 Å². The first-order valence-corrected chi connectivity index (χ1v) is 11.4. The summed E-state index contributed by atoms with van der Waals surface area (Å²) in [5.41, 5.74) is -0.316. The van der Waals surface area contributed by atoms with Crippen molar-refractivity contribution < 1.29 is 22.4 Å². The third-order valence-corrected chi connectivity index (χ3v) is 6.39. The van der Waals surface area contributed by atoms with Gasteiger partial charge >= 0.3 is 6.18 Å². The second kappa shape index (κ2) is 9.21. The zero-order valence-electron chi connectivity index (χ0n) is 19.3. The van der Waals surface area contributed by atoms with Gasteiger partial charge in [0, 0.05) is 43.1 Å². The van der Waals surface area contributed by atoms with Gasteiger partial charge < -0.3 is 10.2 Å². The molecule has 2 aromatic carbocycles. The molecular weight excluding hydrogens is 476 g/mol. The van der Waals surface area contributed by atoms with Crippen molar-refractivity contribution in [2.24, 2.45) is 7.05 Å². The Kier molecular flexibility index (Phi) is 6.07. The van der Waals surface area contributed by atoms with Crippen LogP contribution in [-0.2, 0) is 13.2 Å². The lowest BCUT2D eigenvalue weighted by Crippen LogP contribution is -2.45. The van der Waals surface area contributed by atoms with Crippen molar-refractivity contribution in [3.63, 3.8) is 0 Å². The van der Waals surface area contributed by atoms with Crippen molar-refractivity contribution in [1.29, 1.82) is 0 Å². The van der Waals surface area contributed by atoms with Gasteiger partial charge in [0.05, 0.1) is 16.8 Å². The number of fused-ring (bicyclic) bond motifs is 1. The molecule has 36 heavy (non-hydrogen) atoms. The highest BCUT2D eigenvalue weighted by Crippen LogP contribution is 2.34. The van der Waals surface area contributed by atoms with Crippen molar-refractivity contribution in [3.8, 4) is 11.4 Å². The minimum Gasteiger partial charge on any atom is -0.354 e. The number of rotatable bonds is 4. The van der Waals surface area contributed by atoms with Gasteiger partial charge in [0.1, 0.15) is 11.5 Å². The highest BCUT2D eigenvalue weighted by Gasteiger charge is 2.36. The molecule has 1 amide bonds. The standard InChI is InChI=1S/C25H22F4N6O/c1-34-21(8-11-30-34)22-17-4-2-3-5-18(17)23(33-32-22)35-12-9-16(10-13-35)31-24(36)19-7-6-15(26)14-20(19)25(27,28)29/h2-8,11,14,16H,9-10,12-13H2,1H3,(H,31,36). The zero-order chi connectivity index (χ0) is 25.4. The molecule has 1 fully saturated rings. The Hall–Kier alpha value is -4.02. The summed E-state index contributed by atoms with van der Waals surface area (Å²) < 4.78 is 55.0. The Morgan fingerprint density at radius 1 is 1.03 bits per heavy atom. The topological polar surface area (TPSA) is 75.9 Å². The number of carbonyl (C=O) groups excluding carboxylic acids is 1. The number of alkyl halides is 3. The first-order valence-electron chi connectivity index (χ1n) is 11.4. The lowest BCUT2D eigenvalue weighted by atomic mass is 10.0. The maximum atomic E-state index is 13.4. The van der Waals surface area contributed by atoms with Crippen LogP contribution >= 0.6 is 0 Å². The molecule has 0 unspecified atom stereocenters. The SMILES string of the molecule is Cn1nccc1-c1nnc(N2CCC(NC(=O)c3ccc(F)cc3C(F)(F)F)CC2)c2ccccc12. The first-order chi connectivity index (χ1) is 17.2. The number of aryl methyl sites for hydroxylation is 1. The Labute approximate surface area is 203 Å². The molecule has 1 aliphatic heterocycles. The van der Waals surface area contributed by atoms with Crippen molar-refractivity contribution in [1.82, 2.24) is 25.3 Å². The summed E-state index contributed by atoms with van der Waals surface area (Å²) >= 11 is 0. The van der Waals surface area contributed by atoms with Gasteiger partial charge in [0.15, 0.2) is 5.82 Å². The van der Waals surface area contributed by atoms with E-state index in [0.29, 0.717) is 37.8 Å². The second-order valence-corrected chi connectivity index (χ2v) is 8.68. The maximum Gasteiger partial charge on any atom is 0.417 e. The number of halogens is 4. The minimum absolute atomic E-state index is 0.326. The summed E-state index contributed by atoms with van der Waals surface area (Å²) in [6, 6.07) is 11.4. The Morgan fingerprint density at radius 3 is 2.42 bits per heavy atom. The Balaban J connectivity index is 1.32. The van der Waals surface area contributed by atoms with E-state index in [0.717, 1.165) is 34.3 Å². The highest BCUT2D eigenvalue weighted by atomic mass is 19.4. The van der Waals surface area contributed by atoms with Crippen LogP contribution in [0.1, 0.15) is 28.8 Å². The number of nitrogens with one attached hydrogen (secondary N) is 1. The van der Waals surface area contributed by atoms with Gasteiger partial charge in [-0.1, -0.05) is 24.3 Å². The van der Waals surface area contributed by atoms with E-state index in [9.17, 15) is 22.4 Å². The molecule has 11 heteroatoms. The molecule has 1 N–H and O–H groups in total. The Morgan fingerprint density at radius 2 is 1.75 bits per heavy atom. The van der Waals surface area contributed by atoms with Crippen LogP contribution in [0.5, 0.6) is 0 Å². The normalized spacial score (nSPS) is 14.9. The summed E-state index contributed by atoms with van der Waals surface area (Å²) in [5.74, 6) is -1.21. The van der Waals surface area contributed by atoms with Gasteiger partial charge in [-0.2, -0.15) is 18.3 Å². The van der Waals surface area contributed by atoms with Gasteiger partial charge in [-0.15, -0.1) is 10.2 Å². The average Bonchev–Trinajstić information content (AvgIpc) is 3.29. The maximum absolute atomic E-state index is 13.4. The van der Waals surface area contributed by atoms with Crippen molar-refractivity contribution in [2.75, 3.05) is 18.0 Å². The molecule has 1 aliphatic rings. The lowest BCUT2D eigenvalue weighted by Gasteiger charge is -2.33. The molecule has 0 radical (unpaired) electrons. The number of carbonyl (C=O) groups is 1. The van der Waals surface area contributed by atoms with Crippen LogP contribution in [0.2, 0.25) is 0 Å².